The van der Waals surface area contributed by atoms with Gasteiger partial charge in [-0.05, 0) is 24.6 Å². The molecular formula is C14H15NO3. The molecule has 4 heteroatoms. The number of carboxylic acid groups (broad SMARTS) is 1. The van der Waals surface area contributed by atoms with Crippen molar-refractivity contribution in [3.8, 4) is 11.3 Å². The summed E-state index contributed by atoms with van der Waals surface area (Å²) in [5.41, 5.74) is 7.55. The van der Waals surface area contributed by atoms with E-state index in [2.05, 4.69) is 0 Å². The predicted octanol–water partition coefficient (Wildman–Crippen LogP) is 2.73. The fourth-order valence-electron chi connectivity index (χ4n) is 1.92. The zero-order valence-corrected chi connectivity index (χ0v) is 10.1. The SMILES string of the molecule is Cc1ccc(-c2ccccc2C(N)CC(=O)O)o1. The summed E-state index contributed by atoms with van der Waals surface area (Å²) in [5.74, 6) is 0.614. The highest BCUT2D eigenvalue weighted by molar-refractivity contribution is 5.70. The molecule has 0 radical (unpaired) electrons. The predicted molar refractivity (Wildman–Crippen MR) is 68.1 cm³/mol. The lowest BCUT2D eigenvalue weighted by atomic mass is 9.97. The van der Waals surface area contributed by atoms with Gasteiger partial charge in [0.05, 0.1) is 6.42 Å². The topological polar surface area (TPSA) is 76.5 Å². The van der Waals surface area contributed by atoms with Crippen LogP contribution in [0.2, 0.25) is 0 Å². The first-order chi connectivity index (χ1) is 8.58. The van der Waals surface area contributed by atoms with E-state index in [0.29, 0.717) is 5.76 Å². The Kier molecular flexibility index (Phi) is 3.48. The molecule has 1 unspecified atom stereocenters. The molecule has 0 spiro atoms. The number of benzene rings is 1. The van der Waals surface area contributed by atoms with E-state index in [1.165, 1.54) is 0 Å². The smallest absolute Gasteiger partial charge is 0.305 e. The third-order valence-electron chi connectivity index (χ3n) is 2.76. The van der Waals surface area contributed by atoms with Crippen LogP contribution in [0.3, 0.4) is 0 Å². The number of furan rings is 1. The van der Waals surface area contributed by atoms with Crippen molar-refractivity contribution in [2.75, 3.05) is 0 Å². The van der Waals surface area contributed by atoms with Crippen LogP contribution in [0.4, 0.5) is 0 Å². The average molecular weight is 245 g/mol. The van der Waals surface area contributed by atoms with E-state index in [1.54, 1.807) is 0 Å². The molecule has 4 nitrogen and oxygen atoms in total. The van der Waals surface area contributed by atoms with Crippen molar-refractivity contribution >= 4 is 5.97 Å². The Morgan fingerprint density at radius 1 is 1.33 bits per heavy atom. The van der Waals surface area contributed by atoms with Crippen molar-refractivity contribution in [2.45, 2.75) is 19.4 Å². The zero-order valence-electron chi connectivity index (χ0n) is 10.1. The molecule has 0 saturated carbocycles. The first-order valence-electron chi connectivity index (χ1n) is 5.71. The number of hydrogen-bond acceptors (Lipinski definition) is 3. The average Bonchev–Trinajstić information content (AvgIpc) is 2.75. The molecular weight excluding hydrogens is 230 g/mol. The molecule has 1 atom stereocenters. The molecule has 18 heavy (non-hydrogen) atoms. The largest absolute Gasteiger partial charge is 0.481 e. The van der Waals surface area contributed by atoms with Gasteiger partial charge >= 0.3 is 5.97 Å². The second kappa shape index (κ2) is 5.06. The van der Waals surface area contributed by atoms with Crippen LogP contribution in [0.5, 0.6) is 0 Å². The van der Waals surface area contributed by atoms with E-state index in [1.807, 2.05) is 43.3 Å². The van der Waals surface area contributed by atoms with Crippen LogP contribution in [-0.2, 0) is 4.79 Å². The first-order valence-corrected chi connectivity index (χ1v) is 5.71. The summed E-state index contributed by atoms with van der Waals surface area (Å²) in [6.45, 7) is 1.86. The fraction of sp³-hybridized carbons (Fsp3) is 0.214. The molecule has 0 aliphatic carbocycles. The Hall–Kier alpha value is -2.07. The zero-order chi connectivity index (χ0) is 13.1. The van der Waals surface area contributed by atoms with E-state index in [-0.39, 0.29) is 6.42 Å². The van der Waals surface area contributed by atoms with E-state index < -0.39 is 12.0 Å². The van der Waals surface area contributed by atoms with E-state index in [9.17, 15) is 4.79 Å². The van der Waals surface area contributed by atoms with Gasteiger partial charge in [-0.1, -0.05) is 24.3 Å². The van der Waals surface area contributed by atoms with Crippen LogP contribution in [0.25, 0.3) is 11.3 Å². The molecule has 2 rings (SSSR count). The summed E-state index contributed by atoms with van der Waals surface area (Å²) in [5, 5.41) is 8.81. The molecule has 0 fully saturated rings. The summed E-state index contributed by atoms with van der Waals surface area (Å²) >= 11 is 0. The Balaban J connectivity index is 2.39. The quantitative estimate of drug-likeness (QED) is 0.868. The summed E-state index contributed by atoms with van der Waals surface area (Å²) in [7, 11) is 0. The molecule has 2 aromatic rings. The molecule has 1 aromatic heterocycles. The van der Waals surface area contributed by atoms with Crippen LogP contribution >= 0.6 is 0 Å². The number of aliphatic carboxylic acids is 1. The van der Waals surface area contributed by atoms with E-state index in [4.69, 9.17) is 15.3 Å². The van der Waals surface area contributed by atoms with Gasteiger partial charge in [0.25, 0.3) is 0 Å². The molecule has 3 N–H and O–H groups in total. The van der Waals surface area contributed by atoms with Crippen LogP contribution in [0, 0.1) is 6.92 Å². The lowest BCUT2D eigenvalue weighted by Gasteiger charge is -2.13. The third-order valence-corrected chi connectivity index (χ3v) is 2.76. The number of nitrogens with two attached hydrogens (primary N) is 1. The van der Waals surface area contributed by atoms with Crippen LogP contribution in [0.1, 0.15) is 23.8 Å². The lowest BCUT2D eigenvalue weighted by Crippen LogP contribution is -2.15. The van der Waals surface area contributed by atoms with Crippen LogP contribution in [-0.4, -0.2) is 11.1 Å². The highest BCUT2D eigenvalue weighted by Gasteiger charge is 2.16. The molecule has 1 aromatic carbocycles. The second-order valence-electron chi connectivity index (χ2n) is 4.20. The third kappa shape index (κ3) is 2.60. The van der Waals surface area contributed by atoms with Crippen molar-refractivity contribution in [3.05, 3.63) is 47.7 Å². The van der Waals surface area contributed by atoms with Gasteiger partial charge in [0.1, 0.15) is 11.5 Å². The Morgan fingerprint density at radius 3 is 2.67 bits per heavy atom. The maximum absolute atomic E-state index is 10.7. The number of aryl methyl sites for hydroxylation is 1. The molecule has 0 saturated heterocycles. The number of carbonyl (C=O) groups is 1. The number of rotatable bonds is 4. The first kappa shape index (κ1) is 12.4. The summed E-state index contributed by atoms with van der Waals surface area (Å²) in [4.78, 5) is 10.7. The molecule has 94 valence electrons. The summed E-state index contributed by atoms with van der Waals surface area (Å²) in [6.07, 6.45) is -0.100. The Bertz CT molecular complexity index is 560. The van der Waals surface area contributed by atoms with Gasteiger partial charge in [-0.25, -0.2) is 0 Å². The van der Waals surface area contributed by atoms with Crippen LogP contribution < -0.4 is 5.73 Å². The maximum atomic E-state index is 10.7. The highest BCUT2D eigenvalue weighted by atomic mass is 16.4. The van der Waals surface area contributed by atoms with Gasteiger partial charge in [0.2, 0.25) is 0 Å². The molecule has 1 heterocycles. The van der Waals surface area contributed by atoms with Crippen molar-refractivity contribution in [3.63, 3.8) is 0 Å². The minimum atomic E-state index is -0.909. The summed E-state index contributed by atoms with van der Waals surface area (Å²) < 4.78 is 5.56. The molecule has 0 amide bonds. The second-order valence-corrected chi connectivity index (χ2v) is 4.20. The number of carboxylic acids is 1. The molecule has 0 aliphatic heterocycles. The monoisotopic (exact) mass is 245 g/mol. The van der Waals surface area contributed by atoms with E-state index in [0.717, 1.165) is 16.9 Å². The van der Waals surface area contributed by atoms with Crippen LogP contribution in [0.15, 0.2) is 40.8 Å². The normalized spacial score (nSPS) is 12.3. The standard InChI is InChI=1S/C14H15NO3/c1-9-6-7-13(18-9)11-5-3-2-4-10(11)12(15)8-14(16)17/h2-7,12H,8,15H2,1H3,(H,16,17). The fourth-order valence-corrected chi connectivity index (χ4v) is 1.92. The van der Waals surface area contributed by atoms with Crippen molar-refractivity contribution in [1.29, 1.82) is 0 Å². The number of hydrogen-bond donors (Lipinski definition) is 2. The summed E-state index contributed by atoms with van der Waals surface area (Å²) in [6, 6.07) is 10.6. The highest BCUT2D eigenvalue weighted by Crippen LogP contribution is 2.29. The Morgan fingerprint density at radius 2 is 2.06 bits per heavy atom. The van der Waals surface area contributed by atoms with Gasteiger partial charge in [-0.3, -0.25) is 4.79 Å². The van der Waals surface area contributed by atoms with Gasteiger partial charge in [0.15, 0.2) is 0 Å². The van der Waals surface area contributed by atoms with E-state index >= 15 is 0 Å². The van der Waals surface area contributed by atoms with Gasteiger partial charge in [-0.2, -0.15) is 0 Å². The minimum Gasteiger partial charge on any atom is -0.481 e. The lowest BCUT2D eigenvalue weighted by molar-refractivity contribution is -0.137. The van der Waals surface area contributed by atoms with Crippen molar-refractivity contribution in [1.82, 2.24) is 0 Å². The molecule has 0 bridgehead atoms. The van der Waals surface area contributed by atoms with Gasteiger partial charge in [0, 0.05) is 11.6 Å². The minimum absolute atomic E-state index is 0.100. The maximum Gasteiger partial charge on any atom is 0.305 e. The van der Waals surface area contributed by atoms with Crippen molar-refractivity contribution in [2.24, 2.45) is 5.73 Å². The van der Waals surface area contributed by atoms with Crippen molar-refractivity contribution < 1.29 is 14.3 Å². The van der Waals surface area contributed by atoms with Gasteiger partial charge < -0.3 is 15.3 Å². The Labute approximate surface area is 105 Å². The molecule has 0 aliphatic rings. The van der Waals surface area contributed by atoms with Gasteiger partial charge in [-0.15, -0.1) is 0 Å².